The van der Waals surface area contributed by atoms with Crippen LogP contribution in [0.4, 0.5) is 5.69 Å². The molecule has 4 heteroatoms. The summed E-state index contributed by atoms with van der Waals surface area (Å²) >= 11 is 0. The Balaban J connectivity index is 1.95. The lowest BCUT2D eigenvalue weighted by atomic mass is 10.1. The molecule has 1 aliphatic carbocycles. The van der Waals surface area contributed by atoms with E-state index in [-0.39, 0.29) is 5.91 Å². The summed E-state index contributed by atoms with van der Waals surface area (Å²) in [6, 6.07) is 3.65. The monoisotopic (exact) mass is 233 g/mol. The van der Waals surface area contributed by atoms with E-state index in [0.29, 0.717) is 11.1 Å². The number of pyridine rings is 1. The zero-order valence-electron chi connectivity index (χ0n) is 10.4. The van der Waals surface area contributed by atoms with Gasteiger partial charge in [0.1, 0.15) is 5.69 Å². The van der Waals surface area contributed by atoms with Gasteiger partial charge in [-0.1, -0.05) is 6.92 Å². The summed E-state index contributed by atoms with van der Waals surface area (Å²) in [5.41, 5.74) is 1.74. The third-order valence-electron chi connectivity index (χ3n) is 3.15. The molecule has 1 heterocycles. The molecule has 0 unspecified atom stereocenters. The molecule has 4 nitrogen and oxygen atoms in total. The first-order chi connectivity index (χ1) is 8.13. The van der Waals surface area contributed by atoms with Crippen molar-refractivity contribution in [1.29, 1.82) is 0 Å². The molecule has 2 rings (SSSR count). The first-order valence-electron chi connectivity index (χ1n) is 6.11. The van der Waals surface area contributed by atoms with Gasteiger partial charge in [0.15, 0.2) is 0 Å². The van der Waals surface area contributed by atoms with Crippen LogP contribution < -0.4 is 10.6 Å². The number of nitrogens with one attached hydrogen (secondary N) is 2. The summed E-state index contributed by atoms with van der Waals surface area (Å²) < 4.78 is 0. The van der Waals surface area contributed by atoms with E-state index in [1.807, 2.05) is 13.0 Å². The number of carbonyl (C=O) groups excluding carboxylic acids is 1. The van der Waals surface area contributed by atoms with Gasteiger partial charge in [-0.2, -0.15) is 0 Å². The SMILES string of the molecule is CCNc1ccnc(C(=O)NCC2(C)CC2)c1. The predicted molar refractivity (Wildman–Crippen MR) is 68.1 cm³/mol. The maximum absolute atomic E-state index is 11.9. The van der Waals surface area contributed by atoms with Crippen molar-refractivity contribution in [2.75, 3.05) is 18.4 Å². The molecule has 92 valence electrons. The molecule has 0 atom stereocenters. The molecule has 1 fully saturated rings. The maximum atomic E-state index is 11.9. The highest BCUT2D eigenvalue weighted by atomic mass is 16.1. The fourth-order valence-corrected chi connectivity index (χ4v) is 1.64. The van der Waals surface area contributed by atoms with E-state index in [2.05, 4.69) is 22.5 Å². The van der Waals surface area contributed by atoms with Crippen molar-refractivity contribution in [3.8, 4) is 0 Å². The van der Waals surface area contributed by atoms with E-state index < -0.39 is 0 Å². The molecular weight excluding hydrogens is 214 g/mol. The molecule has 2 N–H and O–H groups in total. The molecule has 1 aromatic heterocycles. The second kappa shape index (κ2) is 4.73. The topological polar surface area (TPSA) is 54.0 Å². The summed E-state index contributed by atoms with van der Waals surface area (Å²) in [6.45, 7) is 5.80. The molecule has 1 aromatic rings. The second-order valence-corrected chi connectivity index (χ2v) is 4.95. The highest BCUT2D eigenvalue weighted by Crippen LogP contribution is 2.44. The van der Waals surface area contributed by atoms with Crippen molar-refractivity contribution < 1.29 is 4.79 Å². The molecule has 1 aliphatic rings. The van der Waals surface area contributed by atoms with Crippen molar-refractivity contribution in [3.63, 3.8) is 0 Å². The van der Waals surface area contributed by atoms with E-state index in [9.17, 15) is 4.79 Å². The van der Waals surface area contributed by atoms with Gasteiger partial charge in [-0.3, -0.25) is 9.78 Å². The van der Waals surface area contributed by atoms with Crippen molar-refractivity contribution in [1.82, 2.24) is 10.3 Å². The third-order valence-corrected chi connectivity index (χ3v) is 3.15. The summed E-state index contributed by atoms with van der Waals surface area (Å²) in [4.78, 5) is 16.0. The number of amides is 1. The van der Waals surface area contributed by atoms with Gasteiger partial charge >= 0.3 is 0 Å². The van der Waals surface area contributed by atoms with Gasteiger partial charge in [0.05, 0.1) is 0 Å². The molecule has 0 saturated heterocycles. The third kappa shape index (κ3) is 3.19. The first-order valence-corrected chi connectivity index (χ1v) is 6.11. The minimum absolute atomic E-state index is 0.0853. The number of rotatable bonds is 5. The quantitative estimate of drug-likeness (QED) is 0.818. The Morgan fingerprint density at radius 2 is 2.29 bits per heavy atom. The molecule has 0 radical (unpaired) electrons. The number of anilines is 1. The normalized spacial score (nSPS) is 16.4. The average molecular weight is 233 g/mol. The summed E-state index contributed by atoms with van der Waals surface area (Å²) in [6.07, 6.45) is 4.07. The smallest absolute Gasteiger partial charge is 0.269 e. The predicted octanol–water partition coefficient (Wildman–Crippen LogP) is 2.04. The first kappa shape index (κ1) is 11.9. The van der Waals surface area contributed by atoms with E-state index >= 15 is 0 Å². The summed E-state index contributed by atoms with van der Waals surface area (Å²) in [7, 11) is 0. The number of hydrogen-bond donors (Lipinski definition) is 2. The molecule has 0 aromatic carbocycles. The van der Waals surface area contributed by atoms with Crippen LogP contribution in [0.5, 0.6) is 0 Å². The Bertz CT molecular complexity index is 413. The molecule has 0 bridgehead atoms. The molecule has 1 saturated carbocycles. The van der Waals surface area contributed by atoms with Crippen LogP contribution in [-0.2, 0) is 0 Å². The van der Waals surface area contributed by atoms with Gasteiger partial charge < -0.3 is 10.6 Å². The van der Waals surface area contributed by atoms with Gasteiger partial charge in [0.2, 0.25) is 0 Å². The van der Waals surface area contributed by atoms with Crippen LogP contribution in [0.3, 0.4) is 0 Å². The van der Waals surface area contributed by atoms with Gasteiger partial charge in [-0.05, 0) is 37.3 Å². The van der Waals surface area contributed by atoms with E-state index in [1.54, 1.807) is 12.3 Å². The fraction of sp³-hybridized carbons (Fsp3) is 0.538. The van der Waals surface area contributed by atoms with Gasteiger partial charge in [-0.15, -0.1) is 0 Å². The van der Waals surface area contributed by atoms with Crippen LogP contribution in [-0.4, -0.2) is 24.0 Å². The lowest BCUT2D eigenvalue weighted by molar-refractivity contribution is 0.0941. The lowest BCUT2D eigenvalue weighted by Crippen LogP contribution is -2.29. The lowest BCUT2D eigenvalue weighted by Gasteiger charge is -2.10. The minimum Gasteiger partial charge on any atom is -0.385 e. The fourth-order valence-electron chi connectivity index (χ4n) is 1.64. The Hall–Kier alpha value is -1.58. The zero-order chi connectivity index (χ0) is 12.3. The van der Waals surface area contributed by atoms with E-state index in [1.165, 1.54) is 12.8 Å². The zero-order valence-corrected chi connectivity index (χ0v) is 10.4. The summed E-state index contributed by atoms with van der Waals surface area (Å²) in [5.74, 6) is -0.0853. The van der Waals surface area contributed by atoms with Crippen LogP contribution in [0.2, 0.25) is 0 Å². The number of nitrogens with zero attached hydrogens (tertiary/aromatic N) is 1. The van der Waals surface area contributed by atoms with Crippen molar-refractivity contribution in [2.45, 2.75) is 26.7 Å². The number of carbonyl (C=O) groups is 1. The maximum Gasteiger partial charge on any atom is 0.269 e. The molecule has 0 spiro atoms. The van der Waals surface area contributed by atoms with Crippen molar-refractivity contribution in [3.05, 3.63) is 24.0 Å². The minimum atomic E-state index is -0.0853. The summed E-state index contributed by atoms with van der Waals surface area (Å²) in [5, 5.41) is 6.11. The molecule has 0 aliphatic heterocycles. The number of hydrogen-bond acceptors (Lipinski definition) is 3. The van der Waals surface area contributed by atoms with Crippen LogP contribution in [0.15, 0.2) is 18.3 Å². The van der Waals surface area contributed by atoms with Crippen LogP contribution >= 0.6 is 0 Å². The van der Waals surface area contributed by atoms with Crippen LogP contribution in [0.1, 0.15) is 37.2 Å². The van der Waals surface area contributed by atoms with E-state index in [0.717, 1.165) is 18.8 Å². The Morgan fingerprint density at radius 3 is 2.94 bits per heavy atom. The van der Waals surface area contributed by atoms with Crippen molar-refractivity contribution >= 4 is 11.6 Å². The van der Waals surface area contributed by atoms with E-state index in [4.69, 9.17) is 0 Å². The van der Waals surface area contributed by atoms with Crippen LogP contribution in [0.25, 0.3) is 0 Å². The van der Waals surface area contributed by atoms with Gasteiger partial charge in [0.25, 0.3) is 5.91 Å². The van der Waals surface area contributed by atoms with Crippen molar-refractivity contribution in [2.24, 2.45) is 5.41 Å². The molecular formula is C13H19N3O. The standard InChI is InChI=1S/C13H19N3O/c1-3-14-10-4-7-15-11(8-10)12(17)16-9-13(2)5-6-13/h4,7-8H,3,5-6,9H2,1-2H3,(H,14,15)(H,16,17). The molecule has 1 amide bonds. The van der Waals surface area contributed by atoms with Gasteiger partial charge in [0, 0.05) is 25.0 Å². The Kier molecular flexibility index (Phi) is 3.31. The Labute approximate surface area is 102 Å². The van der Waals surface area contributed by atoms with Gasteiger partial charge in [-0.25, -0.2) is 0 Å². The highest BCUT2D eigenvalue weighted by Gasteiger charge is 2.37. The number of aromatic nitrogens is 1. The average Bonchev–Trinajstić information content (AvgIpc) is 3.06. The molecule has 17 heavy (non-hydrogen) atoms. The Morgan fingerprint density at radius 1 is 1.53 bits per heavy atom. The highest BCUT2D eigenvalue weighted by molar-refractivity contribution is 5.93. The largest absolute Gasteiger partial charge is 0.385 e. The second-order valence-electron chi connectivity index (χ2n) is 4.95. The van der Waals surface area contributed by atoms with Crippen LogP contribution in [0, 0.1) is 5.41 Å².